The average Bonchev–Trinajstić information content (AvgIpc) is 2.65. The Morgan fingerprint density at radius 1 is 0.708 bits per heavy atom. The molecule has 0 aromatic heterocycles. The SMILES string of the molecule is CN([N+](=O)[O-])C(c1ccccc1)(c1ccccc1)c1ccccc1. The lowest BCUT2D eigenvalue weighted by Gasteiger charge is -2.37. The fourth-order valence-corrected chi connectivity index (χ4v) is 3.22. The van der Waals surface area contributed by atoms with Crippen molar-refractivity contribution in [3.8, 4) is 0 Å². The van der Waals surface area contributed by atoms with Crippen molar-refractivity contribution in [1.29, 1.82) is 0 Å². The van der Waals surface area contributed by atoms with E-state index in [1.54, 1.807) is 0 Å². The molecule has 24 heavy (non-hydrogen) atoms. The first-order valence-corrected chi connectivity index (χ1v) is 7.72. The highest BCUT2D eigenvalue weighted by atomic mass is 16.7. The standard InChI is InChI=1S/C20H18N2O2/c1-21(22(23)24)20(17-11-5-2-6-12-17,18-13-7-3-8-14-18)19-15-9-4-10-16-19/h2-16H,1H3. The smallest absolute Gasteiger partial charge is 0.175 e. The van der Waals surface area contributed by atoms with Gasteiger partial charge in [-0.05, 0) is 16.7 Å². The summed E-state index contributed by atoms with van der Waals surface area (Å²) in [6.07, 6.45) is 0. The summed E-state index contributed by atoms with van der Waals surface area (Å²) >= 11 is 0. The summed E-state index contributed by atoms with van der Waals surface area (Å²) in [7, 11) is 1.52. The number of hydrogen-bond acceptors (Lipinski definition) is 2. The number of hydrazine groups is 1. The van der Waals surface area contributed by atoms with Gasteiger partial charge < -0.3 is 0 Å². The van der Waals surface area contributed by atoms with Crippen LogP contribution in [-0.2, 0) is 5.54 Å². The fraction of sp³-hybridized carbons (Fsp3) is 0.100. The summed E-state index contributed by atoms with van der Waals surface area (Å²) in [5, 5.41) is 12.6. The van der Waals surface area contributed by atoms with Crippen LogP contribution in [0, 0.1) is 10.1 Å². The zero-order valence-electron chi connectivity index (χ0n) is 13.4. The van der Waals surface area contributed by atoms with E-state index in [0.29, 0.717) is 0 Å². The second-order valence-corrected chi connectivity index (χ2v) is 5.57. The van der Waals surface area contributed by atoms with Gasteiger partial charge in [-0.2, -0.15) is 0 Å². The second-order valence-electron chi connectivity index (χ2n) is 5.57. The van der Waals surface area contributed by atoms with E-state index >= 15 is 0 Å². The van der Waals surface area contributed by atoms with Crippen molar-refractivity contribution < 1.29 is 5.03 Å². The Morgan fingerprint density at radius 3 is 1.25 bits per heavy atom. The highest BCUT2D eigenvalue weighted by Gasteiger charge is 2.46. The summed E-state index contributed by atoms with van der Waals surface area (Å²) in [6, 6.07) is 28.8. The molecule has 4 nitrogen and oxygen atoms in total. The third-order valence-corrected chi connectivity index (χ3v) is 4.31. The third kappa shape index (κ3) is 2.52. The molecule has 120 valence electrons. The minimum absolute atomic E-state index is 0.354. The molecule has 0 fully saturated rings. The Kier molecular flexibility index (Phi) is 4.29. The summed E-state index contributed by atoms with van der Waals surface area (Å²) < 4.78 is 0. The van der Waals surface area contributed by atoms with Gasteiger partial charge in [0.15, 0.2) is 10.6 Å². The van der Waals surface area contributed by atoms with Gasteiger partial charge in [-0.15, -0.1) is 5.01 Å². The highest BCUT2D eigenvalue weighted by molar-refractivity contribution is 5.48. The van der Waals surface area contributed by atoms with Crippen molar-refractivity contribution >= 4 is 0 Å². The average molecular weight is 318 g/mol. The van der Waals surface area contributed by atoms with Crippen molar-refractivity contribution in [2.24, 2.45) is 0 Å². The molecule has 0 unspecified atom stereocenters. The minimum atomic E-state index is -1.01. The first-order valence-electron chi connectivity index (χ1n) is 7.72. The molecule has 0 aliphatic rings. The number of rotatable bonds is 5. The Bertz CT molecular complexity index is 708. The lowest BCUT2D eigenvalue weighted by atomic mass is 9.76. The molecular formula is C20H18N2O2. The van der Waals surface area contributed by atoms with Crippen LogP contribution in [0.15, 0.2) is 91.0 Å². The quantitative estimate of drug-likeness (QED) is 0.404. The first kappa shape index (κ1) is 15.7. The van der Waals surface area contributed by atoms with E-state index in [2.05, 4.69) is 0 Å². The normalized spacial score (nSPS) is 11.0. The third-order valence-electron chi connectivity index (χ3n) is 4.31. The maximum absolute atomic E-state index is 11.8. The maximum atomic E-state index is 11.8. The van der Waals surface area contributed by atoms with Gasteiger partial charge in [0.05, 0.1) is 7.05 Å². The van der Waals surface area contributed by atoms with Gasteiger partial charge in [0.1, 0.15) is 0 Å². The summed E-state index contributed by atoms with van der Waals surface area (Å²) in [5.74, 6) is 0. The summed E-state index contributed by atoms with van der Waals surface area (Å²) in [6.45, 7) is 0. The Morgan fingerprint density at radius 2 is 1.00 bits per heavy atom. The molecule has 0 bridgehead atoms. The lowest BCUT2D eigenvalue weighted by molar-refractivity contribution is -0.665. The highest BCUT2D eigenvalue weighted by Crippen LogP contribution is 2.41. The van der Waals surface area contributed by atoms with Crippen LogP contribution in [-0.4, -0.2) is 17.1 Å². The van der Waals surface area contributed by atoms with E-state index in [-0.39, 0.29) is 5.03 Å². The molecule has 0 amide bonds. The van der Waals surface area contributed by atoms with Crippen molar-refractivity contribution in [1.82, 2.24) is 5.01 Å². The van der Waals surface area contributed by atoms with E-state index in [1.165, 1.54) is 12.1 Å². The number of nitrogens with zero attached hydrogens (tertiary/aromatic N) is 2. The molecule has 0 aliphatic carbocycles. The molecule has 4 heteroatoms. The molecule has 0 aliphatic heterocycles. The van der Waals surface area contributed by atoms with Crippen molar-refractivity contribution in [2.75, 3.05) is 7.05 Å². The van der Waals surface area contributed by atoms with Gasteiger partial charge in [-0.3, -0.25) is 0 Å². The van der Waals surface area contributed by atoms with Crippen LogP contribution in [0.5, 0.6) is 0 Å². The van der Waals surface area contributed by atoms with Gasteiger partial charge in [-0.25, -0.2) is 10.1 Å². The number of nitro groups is 1. The first-order chi connectivity index (χ1) is 11.7. The molecule has 0 N–H and O–H groups in total. The molecule has 0 saturated carbocycles. The monoisotopic (exact) mass is 318 g/mol. The predicted molar refractivity (Wildman–Crippen MR) is 94.0 cm³/mol. The van der Waals surface area contributed by atoms with Crippen molar-refractivity contribution in [3.05, 3.63) is 118 Å². The van der Waals surface area contributed by atoms with Crippen LogP contribution in [0.3, 0.4) is 0 Å². The van der Waals surface area contributed by atoms with Gasteiger partial charge in [0.25, 0.3) is 0 Å². The van der Waals surface area contributed by atoms with E-state index in [4.69, 9.17) is 0 Å². The van der Waals surface area contributed by atoms with Gasteiger partial charge in [0.2, 0.25) is 0 Å². The number of benzene rings is 3. The minimum Gasteiger partial charge on any atom is -0.235 e. The summed E-state index contributed by atoms with van der Waals surface area (Å²) in [4.78, 5) is 11.8. The van der Waals surface area contributed by atoms with Gasteiger partial charge in [-0.1, -0.05) is 91.0 Å². The zero-order chi connectivity index (χ0) is 17.0. The predicted octanol–water partition coefficient (Wildman–Crippen LogP) is 4.10. The molecule has 3 aromatic carbocycles. The Hall–Kier alpha value is -3.14. The molecule has 0 atom stereocenters. The maximum Gasteiger partial charge on any atom is 0.175 e. The van der Waals surface area contributed by atoms with Crippen LogP contribution < -0.4 is 0 Å². The molecule has 0 spiro atoms. The fourth-order valence-electron chi connectivity index (χ4n) is 3.22. The summed E-state index contributed by atoms with van der Waals surface area (Å²) in [5.41, 5.74) is 1.54. The van der Waals surface area contributed by atoms with Crippen LogP contribution in [0.25, 0.3) is 0 Å². The van der Waals surface area contributed by atoms with Gasteiger partial charge >= 0.3 is 0 Å². The van der Waals surface area contributed by atoms with Crippen molar-refractivity contribution in [3.63, 3.8) is 0 Å². The Labute approximate surface area is 141 Å². The van der Waals surface area contributed by atoms with E-state index in [0.717, 1.165) is 16.7 Å². The van der Waals surface area contributed by atoms with Crippen LogP contribution >= 0.6 is 0 Å². The van der Waals surface area contributed by atoms with Crippen LogP contribution in [0.2, 0.25) is 0 Å². The van der Waals surface area contributed by atoms with E-state index in [9.17, 15) is 10.1 Å². The Balaban J connectivity index is 2.39. The molecule has 0 heterocycles. The topological polar surface area (TPSA) is 46.4 Å². The van der Waals surface area contributed by atoms with Crippen LogP contribution in [0.1, 0.15) is 16.7 Å². The largest absolute Gasteiger partial charge is 0.235 e. The van der Waals surface area contributed by atoms with E-state index in [1.807, 2.05) is 91.0 Å². The molecular weight excluding hydrogens is 300 g/mol. The molecule has 3 aromatic rings. The zero-order valence-corrected chi connectivity index (χ0v) is 13.4. The molecule has 3 rings (SSSR count). The lowest BCUT2D eigenvalue weighted by Crippen LogP contribution is -2.48. The van der Waals surface area contributed by atoms with Gasteiger partial charge in [0, 0.05) is 0 Å². The van der Waals surface area contributed by atoms with Crippen LogP contribution in [0.4, 0.5) is 0 Å². The van der Waals surface area contributed by atoms with E-state index < -0.39 is 5.54 Å². The molecule has 0 radical (unpaired) electrons. The number of hydrogen-bond donors (Lipinski definition) is 0. The molecule has 0 saturated heterocycles. The van der Waals surface area contributed by atoms with Crippen molar-refractivity contribution in [2.45, 2.75) is 5.54 Å². The second kappa shape index (κ2) is 6.54.